The van der Waals surface area contributed by atoms with E-state index in [0.29, 0.717) is 11.2 Å². The predicted octanol–water partition coefficient (Wildman–Crippen LogP) is 0.670. The third kappa shape index (κ3) is 5.32. The first-order valence-corrected chi connectivity index (χ1v) is 11.3. The normalized spacial score (nSPS) is 15.5. The molecule has 1 aliphatic rings. The van der Waals surface area contributed by atoms with Crippen LogP contribution in [0.3, 0.4) is 0 Å². The Hall–Kier alpha value is -2.27. The van der Waals surface area contributed by atoms with Crippen molar-refractivity contribution >= 4 is 21.6 Å². The molecule has 0 unspecified atom stereocenters. The van der Waals surface area contributed by atoms with Gasteiger partial charge in [0.2, 0.25) is 5.79 Å². The highest BCUT2D eigenvalue weighted by Gasteiger charge is 2.29. The van der Waals surface area contributed by atoms with E-state index in [-0.39, 0.29) is 28.2 Å². The summed E-state index contributed by atoms with van der Waals surface area (Å²) in [6.45, 7) is 5.59. The van der Waals surface area contributed by atoms with E-state index in [2.05, 4.69) is 44.8 Å². The standard InChI is InChI=1S/C22H28N4O4S/c27-18-5-4-17(20-19(18)25-21(28)31-20)22(29,30)14-24-7-6-15-2-1-3-16(12-15)13-26-10-8-23-9-11-26/h1-5,12,23-24,27,29-30H,6-11,13-14H2,(H,25,28). The minimum atomic E-state index is -2.17. The Balaban J connectivity index is 1.34. The molecule has 0 radical (unpaired) electrons. The van der Waals surface area contributed by atoms with Crippen molar-refractivity contribution < 1.29 is 15.3 Å². The van der Waals surface area contributed by atoms with Crippen LogP contribution in [0.2, 0.25) is 0 Å². The first-order valence-electron chi connectivity index (χ1n) is 10.4. The van der Waals surface area contributed by atoms with Crippen LogP contribution in [0.15, 0.2) is 41.2 Å². The van der Waals surface area contributed by atoms with Gasteiger partial charge in [-0.1, -0.05) is 35.6 Å². The van der Waals surface area contributed by atoms with Crippen molar-refractivity contribution in [2.75, 3.05) is 39.3 Å². The molecule has 1 aliphatic heterocycles. The van der Waals surface area contributed by atoms with Gasteiger partial charge < -0.3 is 30.9 Å². The lowest BCUT2D eigenvalue weighted by molar-refractivity contribution is -0.164. The van der Waals surface area contributed by atoms with Gasteiger partial charge in [0.05, 0.1) is 11.2 Å². The number of piperazine rings is 1. The van der Waals surface area contributed by atoms with Crippen molar-refractivity contribution in [1.29, 1.82) is 0 Å². The van der Waals surface area contributed by atoms with Gasteiger partial charge in [0.15, 0.2) is 0 Å². The first kappa shape index (κ1) is 21.9. The molecular formula is C22H28N4O4S. The molecule has 166 valence electrons. The average Bonchev–Trinajstić information content (AvgIpc) is 3.14. The molecule has 8 nitrogen and oxygen atoms in total. The topological polar surface area (TPSA) is 121 Å². The van der Waals surface area contributed by atoms with E-state index in [0.717, 1.165) is 50.5 Å². The Morgan fingerprint density at radius 2 is 1.90 bits per heavy atom. The number of phenols is 1. The number of fused-ring (bicyclic) bond motifs is 1. The summed E-state index contributed by atoms with van der Waals surface area (Å²) in [5.41, 5.74) is 2.89. The summed E-state index contributed by atoms with van der Waals surface area (Å²) in [4.78, 5) is 16.3. The van der Waals surface area contributed by atoms with Crippen molar-refractivity contribution in [2.24, 2.45) is 0 Å². The zero-order valence-corrected chi connectivity index (χ0v) is 18.0. The van der Waals surface area contributed by atoms with Crippen LogP contribution in [0.5, 0.6) is 5.75 Å². The molecule has 3 aromatic rings. The van der Waals surface area contributed by atoms with E-state index in [4.69, 9.17) is 0 Å². The molecule has 1 aromatic heterocycles. The van der Waals surface area contributed by atoms with Gasteiger partial charge in [0, 0.05) is 38.3 Å². The van der Waals surface area contributed by atoms with Crippen LogP contribution in [-0.4, -0.2) is 64.5 Å². The largest absolute Gasteiger partial charge is 0.506 e. The van der Waals surface area contributed by atoms with E-state index in [1.165, 1.54) is 23.3 Å². The van der Waals surface area contributed by atoms with Gasteiger partial charge in [0.25, 0.3) is 0 Å². The van der Waals surface area contributed by atoms with Crippen LogP contribution >= 0.6 is 11.3 Å². The van der Waals surface area contributed by atoms with Crippen LogP contribution < -0.4 is 15.5 Å². The van der Waals surface area contributed by atoms with E-state index in [1.807, 2.05) is 0 Å². The molecule has 2 aromatic carbocycles. The SMILES string of the molecule is O=c1[nH]c2c(O)ccc(C(O)(O)CNCCc3cccc(CN4CCNCC4)c3)c2s1. The second kappa shape index (κ2) is 9.47. The number of hydrogen-bond donors (Lipinski definition) is 6. The fourth-order valence-corrected chi connectivity index (χ4v) is 4.87. The van der Waals surface area contributed by atoms with E-state index >= 15 is 0 Å². The minimum Gasteiger partial charge on any atom is -0.506 e. The molecule has 0 atom stereocenters. The number of nitrogens with zero attached hydrogens (tertiary/aromatic N) is 1. The lowest BCUT2D eigenvalue weighted by atomic mass is 10.0. The summed E-state index contributed by atoms with van der Waals surface area (Å²) in [7, 11) is 0. The molecule has 1 saturated heterocycles. The van der Waals surface area contributed by atoms with Crippen molar-refractivity contribution in [3.63, 3.8) is 0 Å². The Bertz CT molecular complexity index is 1090. The smallest absolute Gasteiger partial charge is 0.305 e. The van der Waals surface area contributed by atoms with Crippen molar-refractivity contribution in [2.45, 2.75) is 18.8 Å². The van der Waals surface area contributed by atoms with E-state index in [9.17, 15) is 20.1 Å². The lowest BCUT2D eigenvalue weighted by Gasteiger charge is -2.27. The van der Waals surface area contributed by atoms with E-state index in [1.54, 1.807) is 0 Å². The van der Waals surface area contributed by atoms with E-state index < -0.39 is 5.79 Å². The van der Waals surface area contributed by atoms with Crippen LogP contribution in [0.1, 0.15) is 16.7 Å². The number of aromatic amines is 1. The molecule has 4 rings (SSSR count). The summed E-state index contributed by atoms with van der Waals surface area (Å²) < 4.78 is 0.345. The zero-order valence-electron chi connectivity index (χ0n) is 17.2. The van der Waals surface area contributed by atoms with Gasteiger partial charge in [-0.15, -0.1) is 0 Å². The summed E-state index contributed by atoms with van der Waals surface area (Å²) in [5, 5.41) is 37.5. The second-order valence-electron chi connectivity index (χ2n) is 7.94. The van der Waals surface area contributed by atoms with Crippen molar-refractivity contribution in [3.8, 4) is 5.75 Å². The highest BCUT2D eigenvalue weighted by molar-refractivity contribution is 7.16. The number of phenolic OH excluding ortho intramolecular Hbond substituents is 1. The van der Waals surface area contributed by atoms with Gasteiger partial charge >= 0.3 is 4.87 Å². The van der Waals surface area contributed by atoms with Crippen molar-refractivity contribution in [1.82, 2.24) is 20.5 Å². The summed E-state index contributed by atoms with van der Waals surface area (Å²) >= 11 is 0.845. The highest BCUT2D eigenvalue weighted by Crippen LogP contribution is 2.32. The molecule has 9 heteroatoms. The lowest BCUT2D eigenvalue weighted by Crippen LogP contribution is -2.42. The second-order valence-corrected chi connectivity index (χ2v) is 8.92. The number of thiazole rings is 1. The molecule has 0 bridgehead atoms. The fourth-order valence-electron chi connectivity index (χ4n) is 3.94. The number of aromatic hydroxyl groups is 1. The van der Waals surface area contributed by atoms with Gasteiger partial charge in [-0.25, -0.2) is 0 Å². The van der Waals surface area contributed by atoms with Crippen molar-refractivity contribution in [3.05, 3.63) is 62.8 Å². The molecule has 0 spiro atoms. The Morgan fingerprint density at radius 1 is 1.13 bits per heavy atom. The van der Waals surface area contributed by atoms with Gasteiger partial charge in [-0.3, -0.25) is 9.69 Å². The molecule has 1 fully saturated rings. The van der Waals surface area contributed by atoms with Gasteiger partial charge in [-0.05, 0) is 36.2 Å². The zero-order chi connectivity index (χ0) is 21.8. The molecule has 31 heavy (non-hydrogen) atoms. The Morgan fingerprint density at radius 3 is 2.71 bits per heavy atom. The molecule has 6 N–H and O–H groups in total. The van der Waals surface area contributed by atoms with Crippen LogP contribution in [0, 0.1) is 0 Å². The van der Waals surface area contributed by atoms with Crippen LogP contribution in [0.4, 0.5) is 0 Å². The average molecular weight is 445 g/mol. The number of H-pyrrole nitrogens is 1. The Labute approximate surface area is 184 Å². The summed E-state index contributed by atoms with van der Waals surface area (Å²) in [6.07, 6.45) is 0.758. The first-order chi connectivity index (χ1) is 14.9. The minimum absolute atomic E-state index is 0.0958. The third-order valence-electron chi connectivity index (χ3n) is 5.56. The summed E-state index contributed by atoms with van der Waals surface area (Å²) in [5.74, 6) is -2.26. The third-order valence-corrected chi connectivity index (χ3v) is 6.47. The molecule has 0 aliphatic carbocycles. The molecule has 2 heterocycles. The fraction of sp³-hybridized carbons (Fsp3) is 0.409. The number of aromatic nitrogens is 1. The predicted molar refractivity (Wildman–Crippen MR) is 121 cm³/mol. The maximum Gasteiger partial charge on any atom is 0.305 e. The maximum absolute atomic E-state index is 11.7. The molecule has 0 amide bonds. The van der Waals surface area contributed by atoms with Crippen LogP contribution in [-0.2, 0) is 18.8 Å². The number of rotatable bonds is 8. The summed E-state index contributed by atoms with van der Waals surface area (Å²) in [6, 6.07) is 11.3. The number of nitrogens with one attached hydrogen (secondary N) is 3. The molecule has 0 saturated carbocycles. The molecular weight excluding hydrogens is 416 g/mol. The Kier molecular flexibility index (Phi) is 6.71. The van der Waals surface area contributed by atoms with Gasteiger partial charge in [0.1, 0.15) is 11.3 Å². The number of aliphatic hydroxyl groups is 2. The van der Waals surface area contributed by atoms with Crippen LogP contribution in [0.25, 0.3) is 10.2 Å². The maximum atomic E-state index is 11.7. The number of hydrogen-bond acceptors (Lipinski definition) is 8. The monoisotopic (exact) mass is 444 g/mol. The highest BCUT2D eigenvalue weighted by atomic mass is 32.1. The van der Waals surface area contributed by atoms with Gasteiger partial charge in [-0.2, -0.15) is 0 Å². The number of benzene rings is 2. The quantitative estimate of drug-likeness (QED) is 0.223.